The molecule has 0 radical (unpaired) electrons. The van der Waals surface area contributed by atoms with E-state index in [2.05, 4.69) is 22.2 Å². The average molecular weight is 377 g/mol. The molecule has 7 heteroatoms. The lowest BCUT2D eigenvalue weighted by atomic mass is 10.0. The summed E-state index contributed by atoms with van der Waals surface area (Å²) >= 11 is 0. The van der Waals surface area contributed by atoms with Crippen LogP contribution in [0.1, 0.15) is 57.3 Å². The number of hydrogen-bond acceptors (Lipinski definition) is 5. The van der Waals surface area contributed by atoms with Gasteiger partial charge in [0.15, 0.2) is 11.5 Å². The zero-order valence-corrected chi connectivity index (χ0v) is 16.4. The van der Waals surface area contributed by atoms with Crippen molar-refractivity contribution in [3.05, 3.63) is 52.0 Å². The van der Waals surface area contributed by atoms with Gasteiger partial charge in [0.05, 0.1) is 6.54 Å². The predicted molar refractivity (Wildman–Crippen MR) is 103 cm³/mol. The maximum atomic E-state index is 13.1. The van der Waals surface area contributed by atoms with E-state index in [-0.39, 0.29) is 5.91 Å². The number of aryl methyl sites for hydroxylation is 3. The molecule has 1 aliphatic carbocycles. The highest BCUT2D eigenvalue weighted by atomic mass is 16.5. The lowest BCUT2D eigenvalue weighted by Crippen LogP contribution is -2.36. The van der Waals surface area contributed by atoms with Crippen LogP contribution in [0, 0.1) is 13.8 Å². The van der Waals surface area contributed by atoms with E-state index in [1.807, 2.05) is 41.8 Å². The highest BCUT2D eigenvalue weighted by molar-refractivity contribution is 5.94. The van der Waals surface area contributed by atoms with E-state index in [0.717, 1.165) is 47.5 Å². The molecule has 5 rings (SSSR count). The molecule has 3 heterocycles. The second kappa shape index (κ2) is 6.29. The van der Waals surface area contributed by atoms with E-state index in [4.69, 9.17) is 4.52 Å². The Morgan fingerprint density at radius 2 is 2.04 bits per heavy atom. The van der Waals surface area contributed by atoms with Gasteiger partial charge in [0.1, 0.15) is 0 Å². The molecule has 0 unspecified atom stereocenters. The molecule has 0 bridgehead atoms. The van der Waals surface area contributed by atoms with Crippen molar-refractivity contribution in [3.8, 4) is 11.6 Å². The fraction of sp³-hybridized carbons (Fsp3) is 0.429. The molecule has 0 spiro atoms. The fourth-order valence-electron chi connectivity index (χ4n) is 3.83. The summed E-state index contributed by atoms with van der Waals surface area (Å²) in [5.74, 6) is 1.71. The summed E-state index contributed by atoms with van der Waals surface area (Å²) in [4.78, 5) is 19.5. The summed E-state index contributed by atoms with van der Waals surface area (Å²) in [6.07, 6.45) is 3.01. The summed E-state index contributed by atoms with van der Waals surface area (Å²) in [5, 5.41) is 8.75. The molecule has 2 aliphatic rings. The van der Waals surface area contributed by atoms with Gasteiger partial charge in [-0.3, -0.25) is 9.48 Å². The van der Waals surface area contributed by atoms with Gasteiger partial charge in [0.2, 0.25) is 0 Å². The van der Waals surface area contributed by atoms with Gasteiger partial charge in [0, 0.05) is 42.8 Å². The first-order chi connectivity index (χ1) is 13.5. The van der Waals surface area contributed by atoms with Gasteiger partial charge >= 0.3 is 0 Å². The summed E-state index contributed by atoms with van der Waals surface area (Å²) in [7, 11) is 1.93. The van der Waals surface area contributed by atoms with E-state index < -0.39 is 0 Å². The molecule has 1 aromatic carbocycles. The van der Waals surface area contributed by atoms with E-state index in [1.54, 1.807) is 0 Å². The minimum Gasteiger partial charge on any atom is -0.334 e. The average Bonchev–Trinajstić information content (AvgIpc) is 3.34. The van der Waals surface area contributed by atoms with Gasteiger partial charge in [-0.15, -0.1) is 0 Å². The number of carbonyl (C=O) groups is 1. The normalized spacial score (nSPS) is 16.3. The third-order valence-electron chi connectivity index (χ3n) is 5.87. The monoisotopic (exact) mass is 377 g/mol. The molecule has 3 aromatic rings. The number of rotatable bonds is 3. The maximum absolute atomic E-state index is 13.1. The third kappa shape index (κ3) is 2.82. The highest BCUT2D eigenvalue weighted by Crippen LogP contribution is 2.39. The number of aromatic nitrogens is 4. The first-order valence-corrected chi connectivity index (χ1v) is 9.76. The summed E-state index contributed by atoms with van der Waals surface area (Å²) < 4.78 is 7.38. The quantitative estimate of drug-likeness (QED) is 0.701. The zero-order valence-electron chi connectivity index (χ0n) is 16.4. The zero-order chi connectivity index (χ0) is 19.4. The van der Waals surface area contributed by atoms with Crippen molar-refractivity contribution in [2.24, 2.45) is 7.05 Å². The van der Waals surface area contributed by atoms with Gasteiger partial charge in [-0.25, -0.2) is 0 Å². The Morgan fingerprint density at radius 3 is 2.79 bits per heavy atom. The van der Waals surface area contributed by atoms with Crippen molar-refractivity contribution in [2.45, 2.75) is 45.6 Å². The molecule has 1 aliphatic heterocycles. The Bertz CT molecular complexity index is 1080. The molecule has 144 valence electrons. The minimum absolute atomic E-state index is 0.0488. The van der Waals surface area contributed by atoms with Crippen molar-refractivity contribution in [1.82, 2.24) is 24.8 Å². The van der Waals surface area contributed by atoms with Crippen LogP contribution in [-0.2, 0) is 20.0 Å². The molecule has 0 atom stereocenters. The molecular weight excluding hydrogens is 354 g/mol. The van der Waals surface area contributed by atoms with E-state index in [9.17, 15) is 4.79 Å². The maximum Gasteiger partial charge on any atom is 0.278 e. The topological polar surface area (TPSA) is 77.1 Å². The number of hydrogen-bond donors (Lipinski definition) is 0. The summed E-state index contributed by atoms with van der Waals surface area (Å²) in [5.41, 5.74) is 5.89. The summed E-state index contributed by atoms with van der Waals surface area (Å²) in [6, 6.07) is 5.88. The molecule has 7 nitrogen and oxygen atoms in total. The van der Waals surface area contributed by atoms with Crippen molar-refractivity contribution in [2.75, 3.05) is 6.54 Å². The summed E-state index contributed by atoms with van der Waals surface area (Å²) in [6.45, 7) is 5.27. The Labute approximate surface area is 163 Å². The number of amides is 1. The molecule has 28 heavy (non-hydrogen) atoms. The Kier molecular flexibility index (Phi) is 3.86. The van der Waals surface area contributed by atoms with Crippen LogP contribution in [0.5, 0.6) is 0 Å². The van der Waals surface area contributed by atoms with Crippen molar-refractivity contribution < 1.29 is 9.32 Å². The van der Waals surface area contributed by atoms with Crippen LogP contribution >= 0.6 is 0 Å². The SMILES string of the molecule is Cc1ccc(C(=O)N2CCc3c(c(-c4nc(C5CC5)no4)nn3C)C2)cc1C. The molecule has 2 aromatic heterocycles. The second-order valence-electron chi connectivity index (χ2n) is 7.91. The first kappa shape index (κ1) is 17.2. The van der Waals surface area contributed by atoms with Crippen molar-refractivity contribution >= 4 is 5.91 Å². The Balaban J connectivity index is 1.45. The van der Waals surface area contributed by atoms with Gasteiger partial charge < -0.3 is 9.42 Å². The number of nitrogens with zero attached hydrogens (tertiary/aromatic N) is 5. The molecule has 1 fully saturated rings. The van der Waals surface area contributed by atoms with E-state index in [1.165, 1.54) is 5.56 Å². The van der Waals surface area contributed by atoms with Crippen LogP contribution in [0.2, 0.25) is 0 Å². The lowest BCUT2D eigenvalue weighted by molar-refractivity contribution is 0.0733. The van der Waals surface area contributed by atoms with Crippen molar-refractivity contribution in [3.63, 3.8) is 0 Å². The molecule has 0 N–H and O–H groups in total. The molecule has 1 amide bonds. The smallest absolute Gasteiger partial charge is 0.278 e. The molecular formula is C21H23N5O2. The van der Waals surface area contributed by atoms with Crippen LogP contribution in [0.4, 0.5) is 0 Å². The van der Waals surface area contributed by atoms with Gasteiger partial charge in [0.25, 0.3) is 11.8 Å². The van der Waals surface area contributed by atoms with Crippen LogP contribution in [0.3, 0.4) is 0 Å². The second-order valence-corrected chi connectivity index (χ2v) is 7.91. The van der Waals surface area contributed by atoms with Crippen LogP contribution in [0.15, 0.2) is 22.7 Å². The first-order valence-electron chi connectivity index (χ1n) is 9.76. The van der Waals surface area contributed by atoms with Crippen molar-refractivity contribution in [1.29, 1.82) is 0 Å². The fourth-order valence-corrected chi connectivity index (χ4v) is 3.83. The molecule has 0 saturated heterocycles. The molecule has 1 saturated carbocycles. The van der Waals surface area contributed by atoms with E-state index in [0.29, 0.717) is 30.6 Å². The number of fused-ring (bicyclic) bond motifs is 1. The standard InChI is InChI=1S/C21H23N5O2/c1-12-4-5-15(10-13(12)2)21(27)26-9-8-17-16(11-26)18(23-25(17)3)20-22-19(24-28-20)14-6-7-14/h4-5,10,14H,6-9,11H2,1-3H3. The van der Waals surface area contributed by atoms with Crippen LogP contribution in [0.25, 0.3) is 11.6 Å². The largest absolute Gasteiger partial charge is 0.334 e. The lowest BCUT2D eigenvalue weighted by Gasteiger charge is -2.27. The number of carbonyl (C=O) groups excluding carboxylic acids is 1. The Hall–Kier alpha value is -2.96. The Morgan fingerprint density at radius 1 is 1.21 bits per heavy atom. The van der Waals surface area contributed by atoms with Gasteiger partial charge in [-0.2, -0.15) is 10.1 Å². The predicted octanol–water partition coefficient (Wildman–Crippen LogP) is 3.16. The highest BCUT2D eigenvalue weighted by Gasteiger charge is 2.32. The van der Waals surface area contributed by atoms with Crippen LogP contribution < -0.4 is 0 Å². The number of benzene rings is 1. The third-order valence-corrected chi connectivity index (χ3v) is 5.87. The minimum atomic E-state index is 0.0488. The van der Waals surface area contributed by atoms with Gasteiger partial charge in [-0.05, 0) is 49.9 Å². The van der Waals surface area contributed by atoms with Crippen LogP contribution in [-0.4, -0.2) is 37.3 Å². The van der Waals surface area contributed by atoms with Gasteiger partial charge in [-0.1, -0.05) is 11.2 Å². The van der Waals surface area contributed by atoms with E-state index >= 15 is 0 Å².